The standard InChI is InChI=1S/C29H43N3O4S/c1-21(2)9-7-10-22(3)11-8-12-23(4)17-18-37-20-28(25(6)33)31-29(34)19-30-24(5)26-13-15-27(16-14-26)32(35)36/h9,11,13-17,28,30,33,35-36H,5-8,10,12,18-20H2,1-4H3,(H,31,34)/b22-11+,23-17+/t28-/m0/s1. The van der Waals surface area contributed by atoms with Crippen molar-refractivity contribution in [2.45, 2.75) is 59.4 Å². The van der Waals surface area contributed by atoms with Gasteiger partial charge in [0.15, 0.2) is 0 Å². The minimum atomic E-state index is -0.549. The van der Waals surface area contributed by atoms with E-state index in [0.717, 1.165) is 31.4 Å². The van der Waals surface area contributed by atoms with Gasteiger partial charge in [-0.2, -0.15) is 11.8 Å². The predicted octanol–water partition coefficient (Wildman–Crippen LogP) is 6.54. The molecule has 1 rings (SSSR count). The zero-order valence-electron chi connectivity index (χ0n) is 22.6. The van der Waals surface area contributed by atoms with Crippen molar-refractivity contribution >= 4 is 29.1 Å². The quantitative estimate of drug-likeness (QED) is 0.0675. The van der Waals surface area contributed by atoms with Crippen LogP contribution in [-0.4, -0.2) is 45.5 Å². The van der Waals surface area contributed by atoms with Crippen molar-refractivity contribution in [3.05, 3.63) is 83.7 Å². The van der Waals surface area contributed by atoms with Crippen LogP contribution in [0.15, 0.2) is 78.1 Å². The van der Waals surface area contributed by atoms with E-state index in [1.807, 2.05) is 0 Å². The van der Waals surface area contributed by atoms with E-state index >= 15 is 0 Å². The van der Waals surface area contributed by atoms with Crippen molar-refractivity contribution in [3.63, 3.8) is 0 Å². The van der Waals surface area contributed by atoms with E-state index in [9.17, 15) is 9.90 Å². The molecule has 0 spiro atoms. The van der Waals surface area contributed by atoms with Gasteiger partial charge in [-0.15, -0.1) is 5.23 Å². The van der Waals surface area contributed by atoms with Gasteiger partial charge in [-0.05, 0) is 71.1 Å². The van der Waals surface area contributed by atoms with Crippen LogP contribution >= 0.6 is 11.8 Å². The van der Waals surface area contributed by atoms with E-state index in [-0.39, 0.29) is 29.1 Å². The van der Waals surface area contributed by atoms with Crippen LogP contribution in [0.4, 0.5) is 5.69 Å². The van der Waals surface area contributed by atoms with Gasteiger partial charge in [0.1, 0.15) is 5.76 Å². The predicted molar refractivity (Wildman–Crippen MR) is 156 cm³/mol. The van der Waals surface area contributed by atoms with Crippen molar-refractivity contribution in [2.75, 3.05) is 23.3 Å². The minimum Gasteiger partial charge on any atom is -0.511 e. The number of aliphatic hydroxyl groups is 1. The largest absolute Gasteiger partial charge is 0.511 e. The molecule has 204 valence electrons. The Morgan fingerprint density at radius 2 is 1.59 bits per heavy atom. The van der Waals surface area contributed by atoms with Crippen LogP contribution in [0, 0.1) is 0 Å². The molecule has 0 bridgehead atoms. The molecule has 0 aliphatic rings. The number of nitrogens with zero attached hydrogens (tertiary/aromatic N) is 1. The summed E-state index contributed by atoms with van der Waals surface area (Å²) in [5, 5.41) is 33.7. The SMILES string of the molecule is C=C(NCC(=O)N[C@@H](CSC/C=C(\C)CC/C=C(\C)CCC=C(C)C)C(=C)O)c1ccc(N(O)O)cc1. The van der Waals surface area contributed by atoms with E-state index in [1.165, 1.54) is 28.9 Å². The average molecular weight is 530 g/mol. The summed E-state index contributed by atoms with van der Waals surface area (Å²) in [7, 11) is 0. The Morgan fingerprint density at radius 3 is 2.16 bits per heavy atom. The number of allylic oxidation sites excluding steroid dienone is 5. The Hall–Kier alpha value is -2.94. The van der Waals surface area contributed by atoms with Gasteiger partial charge in [-0.25, -0.2) is 0 Å². The molecule has 0 fully saturated rings. The van der Waals surface area contributed by atoms with E-state index < -0.39 is 6.04 Å². The first kappa shape index (κ1) is 32.1. The Morgan fingerprint density at radius 1 is 1.00 bits per heavy atom. The molecule has 7 nitrogen and oxygen atoms in total. The lowest BCUT2D eigenvalue weighted by Gasteiger charge is -2.18. The number of nitrogens with one attached hydrogen (secondary N) is 2. The number of rotatable bonds is 17. The third-order valence-electron chi connectivity index (χ3n) is 5.60. The van der Waals surface area contributed by atoms with Gasteiger partial charge in [-0.1, -0.05) is 60.2 Å². The molecule has 1 aromatic rings. The maximum atomic E-state index is 12.4. The van der Waals surface area contributed by atoms with Gasteiger partial charge >= 0.3 is 0 Å². The number of carbonyl (C=O) groups excluding carboxylic acids is 1. The number of aliphatic hydroxyl groups excluding tert-OH is 1. The van der Waals surface area contributed by atoms with E-state index in [1.54, 1.807) is 23.9 Å². The molecular weight excluding hydrogens is 486 g/mol. The Bertz CT molecular complexity index is 977. The molecule has 0 saturated heterocycles. The fourth-order valence-corrected chi connectivity index (χ4v) is 4.33. The molecule has 0 aliphatic carbocycles. The molecule has 37 heavy (non-hydrogen) atoms. The monoisotopic (exact) mass is 529 g/mol. The van der Waals surface area contributed by atoms with Gasteiger partial charge in [0.2, 0.25) is 5.91 Å². The molecule has 1 atom stereocenters. The summed E-state index contributed by atoms with van der Waals surface area (Å²) in [5.74, 6) is 0.921. The minimum absolute atomic E-state index is 0.0256. The third-order valence-corrected chi connectivity index (χ3v) is 6.57. The van der Waals surface area contributed by atoms with Crippen molar-refractivity contribution in [3.8, 4) is 0 Å². The second-order valence-corrected chi connectivity index (χ2v) is 10.4. The Labute approximate surface area is 226 Å². The zero-order chi connectivity index (χ0) is 27.8. The lowest BCUT2D eigenvalue weighted by molar-refractivity contribution is -0.120. The normalized spacial score (nSPS) is 12.5. The first-order chi connectivity index (χ1) is 17.5. The summed E-state index contributed by atoms with van der Waals surface area (Å²) < 4.78 is 0. The van der Waals surface area contributed by atoms with E-state index in [2.05, 4.69) is 69.7 Å². The summed E-state index contributed by atoms with van der Waals surface area (Å²) >= 11 is 1.62. The molecule has 0 unspecified atom stereocenters. The summed E-state index contributed by atoms with van der Waals surface area (Å²) in [6.45, 7) is 16.0. The van der Waals surface area contributed by atoms with Crippen molar-refractivity contribution in [1.82, 2.24) is 10.6 Å². The molecule has 0 aliphatic heterocycles. The lowest BCUT2D eigenvalue weighted by atomic mass is 10.1. The van der Waals surface area contributed by atoms with Crippen LogP contribution in [0.5, 0.6) is 0 Å². The van der Waals surface area contributed by atoms with Crippen LogP contribution in [0.1, 0.15) is 58.9 Å². The topological polar surface area (TPSA) is 105 Å². The molecule has 5 N–H and O–H groups in total. The first-order valence-electron chi connectivity index (χ1n) is 12.4. The van der Waals surface area contributed by atoms with Gasteiger partial charge < -0.3 is 15.7 Å². The highest BCUT2D eigenvalue weighted by Gasteiger charge is 2.15. The van der Waals surface area contributed by atoms with E-state index in [4.69, 9.17) is 10.4 Å². The molecule has 0 radical (unpaired) electrons. The summed E-state index contributed by atoms with van der Waals surface area (Å²) in [6.07, 6.45) is 11.0. The lowest BCUT2D eigenvalue weighted by Crippen LogP contribution is -2.42. The average Bonchev–Trinajstić information content (AvgIpc) is 2.84. The van der Waals surface area contributed by atoms with Crippen molar-refractivity contribution in [1.29, 1.82) is 0 Å². The van der Waals surface area contributed by atoms with E-state index in [0.29, 0.717) is 17.0 Å². The number of thioether (sulfide) groups is 1. The van der Waals surface area contributed by atoms with Crippen molar-refractivity contribution in [2.24, 2.45) is 0 Å². The molecule has 1 aromatic carbocycles. The van der Waals surface area contributed by atoms with Gasteiger partial charge in [0.05, 0.1) is 18.3 Å². The number of benzene rings is 1. The fraction of sp³-hybridized carbons (Fsp3) is 0.414. The molecule has 0 saturated carbocycles. The smallest absolute Gasteiger partial charge is 0.239 e. The molecule has 0 heterocycles. The van der Waals surface area contributed by atoms with Crippen LogP contribution in [0.25, 0.3) is 5.70 Å². The van der Waals surface area contributed by atoms with Crippen LogP contribution in [0.2, 0.25) is 0 Å². The summed E-state index contributed by atoms with van der Waals surface area (Å²) in [5.41, 5.74) is 5.53. The second-order valence-electron chi connectivity index (χ2n) is 9.28. The van der Waals surface area contributed by atoms with Gasteiger partial charge in [0, 0.05) is 17.2 Å². The number of anilines is 1. The molecular formula is C29H43N3O4S. The number of carbonyl (C=O) groups is 1. The Kier molecular flexibility index (Phi) is 15.2. The highest BCUT2D eigenvalue weighted by Crippen LogP contribution is 2.16. The number of hydrogen-bond donors (Lipinski definition) is 5. The number of hydrogen-bond acceptors (Lipinski definition) is 7. The highest BCUT2D eigenvalue weighted by atomic mass is 32.2. The maximum Gasteiger partial charge on any atom is 0.239 e. The van der Waals surface area contributed by atoms with Crippen LogP contribution < -0.4 is 15.9 Å². The van der Waals surface area contributed by atoms with Crippen molar-refractivity contribution < 1.29 is 20.3 Å². The Balaban J connectivity index is 2.38. The fourth-order valence-electron chi connectivity index (χ4n) is 3.28. The zero-order valence-corrected chi connectivity index (χ0v) is 23.4. The molecule has 1 amide bonds. The van der Waals surface area contributed by atoms with Gasteiger partial charge in [-0.3, -0.25) is 15.2 Å². The summed E-state index contributed by atoms with van der Waals surface area (Å²) in [6, 6.07) is 5.76. The molecule has 0 aromatic heterocycles. The number of amides is 1. The summed E-state index contributed by atoms with van der Waals surface area (Å²) in [4.78, 5) is 12.4. The first-order valence-corrected chi connectivity index (χ1v) is 13.6. The van der Waals surface area contributed by atoms with Crippen LogP contribution in [-0.2, 0) is 4.79 Å². The molecule has 8 heteroatoms. The van der Waals surface area contributed by atoms with Crippen LogP contribution in [0.3, 0.4) is 0 Å². The second kappa shape index (κ2) is 17.5. The third kappa shape index (κ3) is 14.4. The van der Waals surface area contributed by atoms with Gasteiger partial charge in [0.25, 0.3) is 0 Å². The maximum absolute atomic E-state index is 12.4. The highest BCUT2D eigenvalue weighted by molar-refractivity contribution is 7.99.